The zero-order valence-electron chi connectivity index (χ0n) is 16.1. The first kappa shape index (κ1) is 18.1. The molecule has 0 amide bonds. The van der Waals surface area contributed by atoms with Crippen molar-refractivity contribution in [2.24, 2.45) is 5.92 Å². The van der Waals surface area contributed by atoms with Crippen LogP contribution in [-0.4, -0.2) is 56.7 Å². The quantitative estimate of drug-likeness (QED) is 0.708. The van der Waals surface area contributed by atoms with Gasteiger partial charge in [0.1, 0.15) is 11.9 Å². The number of phenols is 1. The van der Waals surface area contributed by atoms with Crippen LogP contribution in [0.1, 0.15) is 12.8 Å². The number of aromatic nitrogens is 4. The van der Waals surface area contributed by atoms with Crippen LogP contribution in [-0.2, 0) is 0 Å². The molecule has 3 aliphatic rings. The van der Waals surface area contributed by atoms with E-state index >= 15 is 0 Å². The van der Waals surface area contributed by atoms with Gasteiger partial charge >= 0.3 is 0 Å². The van der Waals surface area contributed by atoms with E-state index in [0.29, 0.717) is 17.1 Å². The summed E-state index contributed by atoms with van der Waals surface area (Å²) in [4.78, 5) is 5.93. The summed E-state index contributed by atoms with van der Waals surface area (Å²) in [7, 11) is 1.89. The van der Waals surface area contributed by atoms with Crippen molar-refractivity contribution < 1.29 is 9.50 Å². The van der Waals surface area contributed by atoms with Gasteiger partial charge in [0.2, 0.25) is 0 Å². The molecule has 8 heteroatoms. The molecule has 1 aromatic carbocycles. The molecule has 1 saturated carbocycles. The highest BCUT2D eigenvalue weighted by Gasteiger charge is 2.46. The summed E-state index contributed by atoms with van der Waals surface area (Å²) >= 11 is 0. The summed E-state index contributed by atoms with van der Waals surface area (Å²) in [6.45, 7) is 0.850. The van der Waals surface area contributed by atoms with Crippen LogP contribution in [0.2, 0.25) is 0 Å². The second-order valence-corrected chi connectivity index (χ2v) is 7.85. The Hall–Kier alpha value is -3.00. The first-order valence-electron chi connectivity index (χ1n) is 9.87. The molecule has 2 N–H and O–H groups in total. The molecular formula is C21H23FN6O. The van der Waals surface area contributed by atoms with E-state index in [2.05, 4.69) is 20.5 Å². The monoisotopic (exact) mass is 394 g/mol. The van der Waals surface area contributed by atoms with Crippen LogP contribution in [0.4, 0.5) is 10.2 Å². The molecule has 6 rings (SSSR count). The van der Waals surface area contributed by atoms with Gasteiger partial charge in [-0.15, -0.1) is 10.2 Å². The molecule has 150 valence electrons. The average molecular weight is 394 g/mol. The van der Waals surface area contributed by atoms with Gasteiger partial charge in [0.05, 0.1) is 23.8 Å². The van der Waals surface area contributed by atoms with Crippen molar-refractivity contribution in [2.45, 2.75) is 31.1 Å². The number of halogens is 1. The van der Waals surface area contributed by atoms with Crippen LogP contribution >= 0.6 is 0 Å². The van der Waals surface area contributed by atoms with Crippen molar-refractivity contribution >= 4 is 5.82 Å². The fourth-order valence-corrected chi connectivity index (χ4v) is 4.61. The van der Waals surface area contributed by atoms with Gasteiger partial charge in [-0.25, -0.2) is 9.37 Å². The zero-order valence-corrected chi connectivity index (χ0v) is 16.1. The number of nitrogens with one attached hydrogen (secondary N) is 1. The summed E-state index contributed by atoms with van der Waals surface area (Å²) < 4.78 is 16.7. The number of imidazole rings is 1. The third kappa shape index (κ3) is 3.13. The molecule has 0 spiro atoms. The van der Waals surface area contributed by atoms with Crippen LogP contribution in [0.25, 0.3) is 16.9 Å². The summed E-state index contributed by atoms with van der Waals surface area (Å²) in [6.07, 6.45) is 6.19. The predicted octanol–water partition coefficient (Wildman–Crippen LogP) is 2.56. The predicted molar refractivity (Wildman–Crippen MR) is 108 cm³/mol. The average Bonchev–Trinajstić information content (AvgIpc) is 3.29. The number of anilines is 1. The molecule has 0 radical (unpaired) electrons. The number of aromatic hydroxyl groups is 1. The van der Waals surface area contributed by atoms with Gasteiger partial charge in [0.15, 0.2) is 5.82 Å². The van der Waals surface area contributed by atoms with E-state index < -0.39 is 6.17 Å². The zero-order chi connectivity index (χ0) is 20.0. The van der Waals surface area contributed by atoms with E-state index in [4.69, 9.17) is 0 Å². The molecule has 4 heterocycles. The van der Waals surface area contributed by atoms with E-state index in [1.807, 2.05) is 40.9 Å². The van der Waals surface area contributed by atoms with Crippen molar-refractivity contribution in [3.63, 3.8) is 0 Å². The Kier molecular flexibility index (Phi) is 4.43. The lowest BCUT2D eigenvalue weighted by molar-refractivity contribution is 0.0702. The Morgan fingerprint density at radius 1 is 1.21 bits per heavy atom. The topological polar surface area (TPSA) is 79.1 Å². The van der Waals surface area contributed by atoms with Gasteiger partial charge in [-0.1, -0.05) is 0 Å². The second kappa shape index (κ2) is 7.11. The molecule has 2 saturated heterocycles. The van der Waals surface area contributed by atoms with Crippen molar-refractivity contribution in [3.05, 3.63) is 49.1 Å². The standard InChI is InChI=1S/C21H23FN6O/c1-27(21-13-2-5-17(20(21)22)24-11-13)19-7-6-16(25-26-19)15-4-3-14(10-18(15)29)28-9-8-23-12-28/h3-4,6-10,12-13,17,20-21,24,29H,2,5,11H2,1H3/t13-,17-,20+,21+/m1/s1. The molecule has 1 aliphatic carbocycles. The lowest BCUT2D eigenvalue weighted by Gasteiger charge is -2.49. The highest BCUT2D eigenvalue weighted by molar-refractivity contribution is 5.69. The van der Waals surface area contributed by atoms with E-state index in [1.165, 1.54) is 0 Å². The van der Waals surface area contributed by atoms with Crippen molar-refractivity contribution in [1.82, 2.24) is 25.1 Å². The maximum Gasteiger partial charge on any atom is 0.151 e. The van der Waals surface area contributed by atoms with Crippen LogP contribution in [0.5, 0.6) is 5.75 Å². The lowest BCUT2D eigenvalue weighted by atomic mass is 9.75. The summed E-state index contributed by atoms with van der Waals surface area (Å²) in [5.41, 5.74) is 1.98. The minimum Gasteiger partial charge on any atom is -0.507 e. The van der Waals surface area contributed by atoms with Crippen molar-refractivity contribution in [2.75, 3.05) is 18.5 Å². The minimum absolute atomic E-state index is 0.0642. The van der Waals surface area contributed by atoms with Gasteiger partial charge in [-0.3, -0.25) is 0 Å². The Labute approximate surface area is 168 Å². The third-order valence-corrected chi connectivity index (χ3v) is 6.20. The number of rotatable bonds is 4. The van der Waals surface area contributed by atoms with Crippen LogP contribution in [0.3, 0.4) is 0 Å². The SMILES string of the molecule is CN(c1ccc(-c2ccc(-n3ccnc3)cc2O)nn1)[C@H]1[C@@H]2CC[C@@H](NC2)[C@@H]1F. The smallest absolute Gasteiger partial charge is 0.151 e. The fourth-order valence-electron chi connectivity index (χ4n) is 4.61. The number of hydrogen-bond acceptors (Lipinski definition) is 6. The van der Waals surface area contributed by atoms with E-state index in [1.54, 1.807) is 24.7 Å². The maximum absolute atomic E-state index is 14.8. The van der Waals surface area contributed by atoms with Crippen molar-refractivity contribution in [1.29, 1.82) is 0 Å². The van der Waals surface area contributed by atoms with E-state index in [9.17, 15) is 9.50 Å². The highest BCUT2D eigenvalue weighted by Crippen LogP contribution is 2.36. The van der Waals surface area contributed by atoms with Gasteiger partial charge in [0.25, 0.3) is 0 Å². The number of nitrogens with zero attached hydrogens (tertiary/aromatic N) is 5. The van der Waals surface area contributed by atoms with Crippen LogP contribution in [0.15, 0.2) is 49.1 Å². The number of phenolic OH excluding ortho intramolecular Hbond substituents is 1. The third-order valence-electron chi connectivity index (χ3n) is 6.20. The molecule has 2 aliphatic heterocycles. The molecule has 0 unspecified atom stereocenters. The number of hydrogen-bond donors (Lipinski definition) is 2. The summed E-state index contributed by atoms with van der Waals surface area (Å²) in [5, 5.41) is 22.4. The Bertz CT molecular complexity index is 983. The number of benzene rings is 1. The second-order valence-electron chi connectivity index (χ2n) is 7.85. The van der Waals surface area contributed by atoms with E-state index in [-0.39, 0.29) is 23.8 Å². The Morgan fingerprint density at radius 2 is 2.10 bits per heavy atom. The van der Waals surface area contributed by atoms with Crippen LogP contribution < -0.4 is 10.2 Å². The minimum atomic E-state index is -0.909. The summed E-state index contributed by atoms with van der Waals surface area (Å²) in [6, 6.07) is 8.77. The normalized spacial score (nSPS) is 25.9. The van der Waals surface area contributed by atoms with E-state index in [0.717, 1.165) is 25.1 Å². The van der Waals surface area contributed by atoms with Gasteiger partial charge < -0.3 is 19.9 Å². The van der Waals surface area contributed by atoms with Gasteiger partial charge in [0, 0.05) is 43.7 Å². The molecule has 2 bridgehead atoms. The molecule has 4 atom stereocenters. The first-order valence-corrected chi connectivity index (χ1v) is 9.87. The molecule has 29 heavy (non-hydrogen) atoms. The number of piperidine rings is 2. The molecular weight excluding hydrogens is 371 g/mol. The van der Waals surface area contributed by atoms with Gasteiger partial charge in [-0.2, -0.15) is 0 Å². The largest absolute Gasteiger partial charge is 0.507 e. The number of fused-ring (bicyclic) bond motifs is 3. The van der Waals surface area contributed by atoms with Crippen LogP contribution in [0, 0.1) is 5.92 Å². The van der Waals surface area contributed by atoms with Gasteiger partial charge in [-0.05, 0) is 43.0 Å². The molecule has 2 aromatic heterocycles. The Morgan fingerprint density at radius 3 is 2.72 bits per heavy atom. The highest BCUT2D eigenvalue weighted by atomic mass is 19.1. The fraction of sp³-hybridized carbons (Fsp3) is 0.381. The molecule has 3 aromatic rings. The maximum atomic E-state index is 14.8. The van der Waals surface area contributed by atoms with Crippen molar-refractivity contribution in [3.8, 4) is 22.7 Å². The lowest BCUT2D eigenvalue weighted by Crippen LogP contribution is -2.64. The Balaban J connectivity index is 1.38. The number of alkyl halides is 1. The summed E-state index contributed by atoms with van der Waals surface area (Å²) in [5.74, 6) is 1.04. The molecule has 7 nitrogen and oxygen atoms in total. The molecule has 3 fully saturated rings. The first-order chi connectivity index (χ1) is 14.1.